The van der Waals surface area contributed by atoms with E-state index in [-0.39, 0.29) is 16.8 Å². The Labute approximate surface area is 104 Å². The van der Waals surface area contributed by atoms with Crippen molar-refractivity contribution in [3.05, 3.63) is 41.1 Å². The molecule has 0 unspecified atom stereocenters. The van der Waals surface area contributed by atoms with Crippen molar-refractivity contribution in [1.29, 1.82) is 0 Å². The first kappa shape index (κ1) is 13.1. The van der Waals surface area contributed by atoms with Crippen LogP contribution in [0.1, 0.15) is 10.4 Å². The minimum Gasteiger partial charge on any atom is -0.403 e. The highest BCUT2D eigenvalue weighted by Crippen LogP contribution is 2.19. The summed E-state index contributed by atoms with van der Waals surface area (Å²) in [6, 6.07) is 6.79. The Morgan fingerprint density at radius 2 is 2.12 bits per heavy atom. The maximum absolute atomic E-state index is 11.6. The van der Waals surface area contributed by atoms with Crippen LogP contribution in [0.3, 0.4) is 0 Å². The summed E-state index contributed by atoms with van der Waals surface area (Å²) in [6.45, 7) is 0. The zero-order valence-electron chi connectivity index (χ0n) is 9.27. The monoisotopic (exact) mass is 252 g/mol. The third-order valence-electron chi connectivity index (χ3n) is 2.01. The number of benzene rings is 1. The van der Waals surface area contributed by atoms with Crippen LogP contribution in [-0.4, -0.2) is 18.8 Å². The average molecular weight is 253 g/mol. The predicted octanol–water partition coefficient (Wildman–Crippen LogP) is 1.07. The van der Waals surface area contributed by atoms with Crippen molar-refractivity contribution < 1.29 is 4.79 Å². The van der Waals surface area contributed by atoms with Crippen molar-refractivity contribution >= 4 is 29.0 Å². The highest BCUT2D eigenvalue weighted by atomic mass is 35.5. The minimum atomic E-state index is -0.245. The molecular formula is C11H13ClN4O. The van der Waals surface area contributed by atoms with Crippen molar-refractivity contribution in [1.82, 2.24) is 5.32 Å². The molecule has 1 rings (SSSR count). The Hall–Kier alpha value is -2.01. The number of carbonyl (C=O) groups is 1. The van der Waals surface area contributed by atoms with Crippen LogP contribution in [0.15, 0.2) is 40.5 Å². The summed E-state index contributed by atoms with van der Waals surface area (Å²) in [7, 11) is 1.54. The van der Waals surface area contributed by atoms with Gasteiger partial charge in [0.15, 0.2) is 0 Å². The molecule has 0 radical (unpaired) electrons. The number of hydrogen-bond donors (Lipinski definition) is 3. The topological polar surface area (TPSA) is 93.5 Å². The number of rotatable bonds is 3. The lowest BCUT2D eigenvalue weighted by Gasteiger charge is -2.04. The van der Waals surface area contributed by atoms with E-state index in [1.165, 1.54) is 0 Å². The molecule has 0 spiro atoms. The normalized spacial score (nSPS) is 12.4. The molecule has 0 aliphatic rings. The Morgan fingerprint density at radius 3 is 2.71 bits per heavy atom. The molecule has 0 atom stereocenters. The van der Waals surface area contributed by atoms with Gasteiger partial charge in [-0.1, -0.05) is 23.7 Å². The van der Waals surface area contributed by atoms with Crippen LogP contribution >= 0.6 is 11.6 Å². The number of amidine groups is 1. The first-order valence-corrected chi connectivity index (χ1v) is 5.21. The number of carbonyl (C=O) groups excluding carboxylic acids is 1. The molecule has 6 heteroatoms. The first-order valence-electron chi connectivity index (χ1n) is 4.83. The van der Waals surface area contributed by atoms with Gasteiger partial charge in [0.2, 0.25) is 0 Å². The van der Waals surface area contributed by atoms with Gasteiger partial charge >= 0.3 is 0 Å². The van der Waals surface area contributed by atoms with Gasteiger partial charge in [0.05, 0.1) is 16.3 Å². The highest BCUT2D eigenvalue weighted by Gasteiger charge is 2.09. The SMILES string of the molecule is CNC(=O)c1ccccc1N=C(N)/C(Cl)=C\N. The Morgan fingerprint density at radius 1 is 1.47 bits per heavy atom. The largest absolute Gasteiger partial charge is 0.403 e. The van der Waals surface area contributed by atoms with Crippen LogP contribution in [0.5, 0.6) is 0 Å². The average Bonchev–Trinajstić information content (AvgIpc) is 2.37. The van der Waals surface area contributed by atoms with Gasteiger partial charge in [-0.25, -0.2) is 4.99 Å². The Bertz CT molecular complexity index is 482. The lowest BCUT2D eigenvalue weighted by atomic mass is 10.1. The number of nitrogens with two attached hydrogens (primary N) is 2. The van der Waals surface area contributed by atoms with Crippen LogP contribution in [0, 0.1) is 0 Å². The number of hydrogen-bond acceptors (Lipinski definition) is 3. The fourth-order valence-corrected chi connectivity index (χ4v) is 1.21. The van der Waals surface area contributed by atoms with Gasteiger partial charge in [0.25, 0.3) is 5.91 Å². The second-order valence-electron chi connectivity index (χ2n) is 3.11. The second-order valence-corrected chi connectivity index (χ2v) is 3.52. The number of aliphatic imine (C=N–C) groups is 1. The molecule has 0 aromatic heterocycles. The molecule has 0 heterocycles. The van der Waals surface area contributed by atoms with Gasteiger partial charge in [-0.3, -0.25) is 4.79 Å². The van der Waals surface area contributed by atoms with Crippen molar-refractivity contribution in [2.24, 2.45) is 16.5 Å². The minimum absolute atomic E-state index is 0.0607. The van der Waals surface area contributed by atoms with Crippen LogP contribution in [0.2, 0.25) is 0 Å². The van der Waals surface area contributed by atoms with E-state index < -0.39 is 0 Å². The zero-order chi connectivity index (χ0) is 12.8. The van der Waals surface area contributed by atoms with Gasteiger partial charge in [0, 0.05) is 13.2 Å². The summed E-state index contributed by atoms with van der Waals surface area (Å²) < 4.78 is 0. The quantitative estimate of drug-likeness (QED) is 0.555. The van der Waals surface area contributed by atoms with E-state index in [1.807, 2.05) is 0 Å². The fraction of sp³-hybridized carbons (Fsp3) is 0.0909. The Kier molecular flexibility index (Phi) is 4.54. The van der Waals surface area contributed by atoms with Crippen molar-refractivity contribution in [3.63, 3.8) is 0 Å². The van der Waals surface area contributed by atoms with E-state index >= 15 is 0 Å². The molecule has 1 aromatic rings. The lowest BCUT2D eigenvalue weighted by Crippen LogP contribution is -2.18. The number of nitrogens with zero attached hydrogens (tertiary/aromatic N) is 1. The van der Waals surface area contributed by atoms with Crippen molar-refractivity contribution in [2.75, 3.05) is 7.05 Å². The molecule has 0 aliphatic carbocycles. The molecular weight excluding hydrogens is 240 g/mol. The van der Waals surface area contributed by atoms with Gasteiger partial charge in [0.1, 0.15) is 5.84 Å². The zero-order valence-corrected chi connectivity index (χ0v) is 10.0. The predicted molar refractivity (Wildman–Crippen MR) is 69.2 cm³/mol. The molecule has 0 aliphatic heterocycles. The molecule has 1 amide bonds. The van der Waals surface area contributed by atoms with Gasteiger partial charge in [-0.05, 0) is 12.1 Å². The number of nitrogens with one attached hydrogen (secondary N) is 1. The third kappa shape index (κ3) is 3.22. The summed E-state index contributed by atoms with van der Waals surface area (Å²) >= 11 is 5.71. The molecule has 90 valence electrons. The number of amides is 1. The first-order chi connectivity index (χ1) is 8.10. The third-order valence-corrected chi connectivity index (χ3v) is 2.33. The van der Waals surface area contributed by atoms with E-state index in [1.54, 1.807) is 31.3 Å². The standard InChI is InChI=1S/C11H13ClN4O/c1-15-11(17)7-4-2-3-5-9(7)16-10(14)8(12)6-13/h2-6H,13H2,1H3,(H2,14,16)(H,15,17)/b8-6+. The van der Waals surface area contributed by atoms with Gasteiger partial charge < -0.3 is 16.8 Å². The fourth-order valence-electron chi connectivity index (χ4n) is 1.17. The van der Waals surface area contributed by atoms with E-state index in [0.29, 0.717) is 11.3 Å². The number of para-hydroxylation sites is 1. The smallest absolute Gasteiger partial charge is 0.253 e. The van der Waals surface area contributed by atoms with Crippen LogP contribution < -0.4 is 16.8 Å². The molecule has 17 heavy (non-hydrogen) atoms. The van der Waals surface area contributed by atoms with E-state index in [4.69, 9.17) is 23.1 Å². The van der Waals surface area contributed by atoms with Crippen molar-refractivity contribution in [3.8, 4) is 0 Å². The van der Waals surface area contributed by atoms with Gasteiger partial charge in [-0.15, -0.1) is 0 Å². The molecule has 0 bridgehead atoms. The van der Waals surface area contributed by atoms with Crippen molar-refractivity contribution in [2.45, 2.75) is 0 Å². The molecule has 0 saturated heterocycles. The Balaban J connectivity index is 3.19. The molecule has 1 aromatic carbocycles. The molecule has 0 fully saturated rings. The summed E-state index contributed by atoms with van der Waals surface area (Å²) in [5.41, 5.74) is 11.7. The maximum atomic E-state index is 11.6. The molecule has 0 saturated carbocycles. The molecule has 5 nitrogen and oxygen atoms in total. The summed E-state index contributed by atoms with van der Waals surface area (Å²) in [4.78, 5) is 15.6. The lowest BCUT2D eigenvalue weighted by molar-refractivity contribution is 0.0964. The molecule has 5 N–H and O–H groups in total. The number of halogens is 1. The maximum Gasteiger partial charge on any atom is 0.253 e. The van der Waals surface area contributed by atoms with Crippen LogP contribution in [0.25, 0.3) is 0 Å². The van der Waals surface area contributed by atoms with Crippen LogP contribution in [0.4, 0.5) is 5.69 Å². The summed E-state index contributed by atoms with van der Waals surface area (Å²) in [6.07, 6.45) is 1.14. The summed E-state index contributed by atoms with van der Waals surface area (Å²) in [5, 5.41) is 2.65. The highest BCUT2D eigenvalue weighted by molar-refractivity contribution is 6.43. The van der Waals surface area contributed by atoms with E-state index in [0.717, 1.165) is 6.20 Å². The van der Waals surface area contributed by atoms with Gasteiger partial charge in [-0.2, -0.15) is 0 Å². The van der Waals surface area contributed by atoms with E-state index in [9.17, 15) is 4.79 Å². The summed E-state index contributed by atoms with van der Waals surface area (Å²) in [5.74, 6) is -0.185. The van der Waals surface area contributed by atoms with E-state index in [2.05, 4.69) is 10.3 Å². The van der Waals surface area contributed by atoms with Crippen LogP contribution in [-0.2, 0) is 0 Å². The second kappa shape index (κ2) is 5.91.